The van der Waals surface area contributed by atoms with Crippen molar-refractivity contribution in [3.05, 3.63) is 87.9 Å². The molecule has 0 aliphatic heterocycles. The van der Waals surface area contributed by atoms with Gasteiger partial charge in [0.25, 0.3) is 0 Å². The molecule has 4 aromatic rings. The molecule has 2 aromatic heterocycles. The quantitative estimate of drug-likeness (QED) is 0.324. The number of nitrogens with one attached hydrogen (secondary N) is 1. The van der Waals surface area contributed by atoms with Crippen LogP contribution in [0.25, 0.3) is 11.4 Å². The minimum absolute atomic E-state index is 0.131. The molecule has 158 valence electrons. The summed E-state index contributed by atoms with van der Waals surface area (Å²) in [6.07, 6.45) is 0. The molecule has 0 bridgehead atoms. The van der Waals surface area contributed by atoms with Crippen LogP contribution in [0.4, 0.5) is 4.39 Å². The van der Waals surface area contributed by atoms with Crippen molar-refractivity contribution in [2.45, 2.75) is 18.1 Å². The summed E-state index contributed by atoms with van der Waals surface area (Å²) in [6.45, 7) is 2.03. The van der Waals surface area contributed by atoms with Gasteiger partial charge < -0.3 is 11.2 Å². The van der Waals surface area contributed by atoms with Gasteiger partial charge in [-0.15, -0.1) is 21.5 Å². The molecule has 0 aliphatic carbocycles. The fourth-order valence-electron chi connectivity index (χ4n) is 3.04. The van der Waals surface area contributed by atoms with Crippen molar-refractivity contribution in [3.8, 4) is 11.4 Å². The lowest BCUT2D eigenvalue weighted by molar-refractivity contribution is -0.119. The predicted molar refractivity (Wildman–Crippen MR) is 122 cm³/mol. The van der Waals surface area contributed by atoms with Crippen LogP contribution in [0, 0.1) is 12.7 Å². The molecule has 0 saturated carbocycles. The highest BCUT2D eigenvalue weighted by atomic mass is 32.2. The molecule has 31 heavy (non-hydrogen) atoms. The molecule has 3 N–H and O–H groups in total. The molecule has 6 nitrogen and oxygen atoms in total. The van der Waals surface area contributed by atoms with Gasteiger partial charge in [-0.3, -0.25) is 4.79 Å². The number of nitrogens with zero attached hydrogens (tertiary/aromatic N) is 3. The maximum absolute atomic E-state index is 13.1. The third kappa shape index (κ3) is 4.95. The second-order valence-electron chi connectivity index (χ2n) is 6.90. The summed E-state index contributed by atoms with van der Waals surface area (Å²) in [6, 6.07) is 17.7. The first-order valence-electron chi connectivity index (χ1n) is 9.50. The van der Waals surface area contributed by atoms with Gasteiger partial charge in [0.1, 0.15) is 5.82 Å². The Morgan fingerprint density at radius 3 is 2.58 bits per heavy atom. The van der Waals surface area contributed by atoms with Crippen LogP contribution < -0.4 is 11.2 Å². The van der Waals surface area contributed by atoms with Crippen molar-refractivity contribution in [1.29, 1.82) is 0 Å². The Hall–Kier alpha value is -3.17. The number of hydrogen-bond donors (Lipinski definition) is 2. The van der Waals surface area contributed by atoms with E-state index in [0.717, 1.165) is 16.0 Å². The fraction of sp³-hybridized carbons (Fsp3) is 0.136. The zero-order valence-corrected chi connectivity index (χ0v) is 18.3. The van der Waals surface area contributed by atoms with Gasteiger partial charge in [-0.2, -0.15) is 0 Å². The standard InChI is InChI=1S/C22H20FN5OS2/c1-14-4-6-15(7-5-14)20(18-3-2-12-30-18)25-19(29)13-31-22-27-26-21(28(22)24)16-8-10-17(23)11-9-16/h2-12,20H,13,24H2,1H3,(H,25,29). The van der Waals surface area contributed by atoms with Gasteiger partial charge in [-0.25, -0.2) is 9.07 Å². The van der Waals surface area contributed by atoms with Crippen molar-refractivity contribution in [2.75, 3.05) is 11.6 Å². The second-order valence-corrected chi connectivity index (χ2v) is 8.82. The van der Waals surface area contributed by atoms with E-state index in [-0.39, 0.29) is 23.5 Å². The average molecular weight is 454 g/mol. The number of rotatable bonds is 7. The maximum atomic E-state index is 13.1. The minimum Gasteiger partial charge on any atom is -0.344 e. The Bertz CT molecular complexity index is 1160. The van der Waals surface area contributed by atoms with E-state index in [1.807, 2.05) is 48.7 Å². The number of nitrogen functional groups attached to an aromatic ring is 1. The summed E-state index contributed by atoms with van der Waals surface area (Å²) in [5.41, 5.74) is 2.83. The zero-order chi connectivity index (χ0) is 21.8. The van der Waals surface area contributed by atoms with E-state index in [9.17, 15) is 9.18 Å². The SMILES string of the molecule is Cc1ccc(C(NC(=O)CSc2nnc(-c3ccc(F)cc3)n2N)c2cccs2)cc1. The summed E-state index contributed by atoms with van der Waals surface area (Å²) < 4.78 is 14.5. The number of thioether (sulfide) groups is 1. The van der Waals surface area contributed by atoms with Crippen molar-refractivity contribution < 1.29 is 9.18 Å². The van der Waals surface area contributed by atoms with Crippen LogP contribution in [-0.4, -0.2) is 26.5 Å². The molecular formula is C22H20FN5OS2. The number of carbonyl (C=O) groups is 1. The molecule has 2 aromatic carbocycles. The van der Waals surface area contributed by atoms with Gasteiger partial charge in [-0.05, 0) is 48.2 Å². The molecule has 0 aliphatic rings. The smallest absolute Gasteiger partial charge is 0.231 e. The molecule has 1 unspecified atom stereocenters. The number of aromatic nitrogens is 3. The third-order valence-corrected chi connectivity index (χ3v) is 6.52. The average Bonchev–Trinajstić information content (AvgIpc) is 3.42. The number of hydrogen-bond acceptors (Lipinski definition) is 6. The number of thiophene rings is 1. The van der Waals surface area contributed by atoms with Crippen LogP contribution in [0.1, 0.15) is 22.0 Å². The van der Waals surface area contributed by atoms with Gasteiger partial charge in [-0.1, -0.05) is 47.7 Å². The van der Waals surface area contributed by atoms with E-state index in [1.165, 1.54) is 28.6 Å². The molecule has 4 rings (SSSR count). The first kappa shape index (κ1) is 21.1. The lowest BCUT2D eigenvalue weighted by Crippen LogP contribution is -2.30. The highest BCUT2D eigenvalue weighted by molar-refractivity contribution is 7.99. The highest BCUT2D eigenvalue weighted by Gasteiger charge is 2.19. The normalized spacial score (nSPS) is 11.9. The van der Waals surface area contributed by atoms with Crippen molar-refractivity contribution in [2.24, 2.45) is 0 Å². The van der Waals surface area contributed by atoms with Gasteiger partial charge in [0, 0.05) is 10.4 Å². The Morgan fingerprint density at radius 2 is 1.90 bits per heavy atom. The van der Waals surface area contributed by atoms with Crippen LogP contribution >= 0.6 is 23.1 Å². The summed E-state index contributed by atoms with van der Waals surface area (Å²) in [7, 11) is 0. The van der Waals surface area contributed by atoms with E-state index in [4.69, 9.17) is 5.84 Å². The first-order chi connectivity index (χ1) is 15.0. The van der Waals surface area contributed by atoms with Crippen LogP contribution in [-0.2, 0) is 4.79 Å². The van der Waals surface area contributed by atoms with Crippen LogP contribution in [0.2, 0.25) is 0 Å². The predicted octanol–water partition coefficient (Wildman–Crippen LogP) is 4.17. The van der Waals surface area contributed by atoms with Crippen LogP contribution in [0.5, 0.6) is 0 Å². The number of carbonyl (C=O) groups excluding carboxylic acids is 1. The fourth-order valence-corrected chi connectivity index (χ4v) is 4.51. The Kier molecular flexibility index (Phi) is 6.34. The molecule has 0 saturated heterocycles. The van der Waals surface area contributed by atoms with Gasteiger partial charge in [0.15, 0.2) is 5.82 Å². The number of halogens is 1. The third-order valence-electron chi connectivity index (χ3n) is 4.64. The molecule has 0 fully saturated rings. The van der Waals surface area contributed by atoms with E-state index in [2.05, 4.69) is 15.5 Å². The van der Waals surface area contributed by atoms with Crippen molar-refractivity contribution in [1.82, 2.24) is 20.2 Å². The topological polar surface area (TPSA) is 85.8 Å². The molecule has 1 amide bonds. The second kappa shape index (κ2) is 9.32. The molecule has 2 heterocycles. The molecule has 9 heteroatoms. The number of aryl methyl sites for hydroxylation is 1. The summed E-state index contributed by atoms with van der Waals surface area (Å²) in [5, 5.41) is 13.6. The van der Waals surface area contributed by atoms with Gasteiger partial charge in [0.2, 0.25) is 11.1 Å². The maximum Gasteiger partial charge on any atom is 0.231 e. The molecule has 0 radical (unpaired) electrons. The number of nitrogens with two attached hydrogens (primary N) is 1. The Morgan fingerprint density at radius 1 is 1.16 bits per heavy atom. The van der Waals surface area contributed by atoms with Crippen molar-refractivity contribution in [3.63, 3.8) is 0 Å². The Balaban J connectivity index is 1.44. The van der Waals surface area contributed by atoms with Gasteiger partial charge >= 0.3 is 0 Å². The highest BCUT2D eigenvalue weighted by Crippen LogP contribution is 2.27. The monoisotopic (exact) mass is 453 g/mol. The van der Waals surface area contributed by atoms with E-state index < -0.39 is 0 Å². The Labute approximate surface area is 187 Å². The summed E-state index contributed by atoms with van der Waals surface area (Å²) in [4.78, 5) is 13.8. The molecule has 1 atom stereocenters. The van der Waals surface area contributed by atoms with E-state index in [1.54, 1.807) is 23.5 Å². The number of benzene rings is 2. The first-order valence-corrected chi connectivity index (χ1v) is 11.4. The lowest BCUT2D eigenvalue weighted by atomic mass is 10.0. The van der Waals surface area contributed by atoms with Crippen LogP contribution in [0.3, 0.4) is 0 Å². The van der Waals surface area contributed by atoms with Gasteiger partial charge in [0.05, 0.1) is 11.8 Å². The van der Waals surface area contributed by atoms with E-state index in [0.29, 0.717) is 16.5 Å². The van der Waals surface area contributed by atoms with E-state index >= 15 is 0 Å². The lowest BCUT2D eigenvalue weighted by Gasteiger charge is -2.18. The largest absolute Gasteiger partial charge is 0.344 e. The molecule has 0 spiro atoms. The number of amides is 1. The van der Waals surface area contributed by atoms with Crippen LogP contribution in [0.15, 0.2) is 71.2 Å². The minimum atomic E-state index is -0.341. The molecular weight excluding hydrogens is 433 g/mol. The van der Waals surface area contributed by atoms with Crippen molar-refractivity contribution >= 4 is 29.0 Å². The summed E-state index contributed by atoms with van der Waals surface area (Å²) in [5.74, 6) is 6.14. The summed E-state index contributed by atoms with van der Waals surface area (Å²) >= 11 is 2.79. The zero-order valence-electron chi connectivity index (χ0n) is 16.7.